The van der Waals surface area contributed by atoms with Crippen molar-refractivity contribution in [1.82, 2.24) is 0 Å². The van der Waals surface area contributed by atoms with E-state index in [0.29, 0.717) is 6.04 Å². The molecule has 1 aliphatic carbocycles. The van der Waals surface area contributed by atoms with Crippen LogP contribution < -0.4 is 10.8 Å². The number of carbonyl (C=O) groups excluding carboxylic acids is 1. The first-order valence-electron chi connectivity index (χ1n) is 7.51. The number of rotatable bonds is 2. The summed E-state index contributed by atoms with van der Waals surface area (Å²) in [7, 11) is 0. The van der Waals surface area contributed by atoms with E-state index in [-0.39, 0.29) is 11.3 Å². The van der Waals surface area contributed by atoms with Crippen LogP contribution in [-0.4, -0.2) is 5.97 Å². The standard InChI is InChI=1S/C10H16O2.C8H11N/c1-7-4-5-8(9(11)12)10(2,3)6-7;1-7(9)8-5-3-2-4-6-8/h6,8H,4-5H2,1-3H3,(H,11,12);2-7H,9H2,1H3/t8-;7-/m10/s1. The minimum Gasteiger partial charge on any atom is -0.550 e. The van der Waals surface area contributed by atoms with Crippen LogP contribution in [0.1, 0.15) is 52.1 Å². The number of quaternary nitrogens is 1. The highest BCUT2D eigenvalue weighted by atomic mass is 16.4. The van der Waals surface area contributed by atoms with Crippen molar-refractivity contribution in [2.45, 2.75) is 46.6 Å². The Labute approximate surface area is 127 Å². The quantitative estimate of drug-likeness (QED) is 0.847. The fourth-order valence-corrected chi connectivity index (χ4v) is 2.76. The number of hydrogen-bond acceptors (Lipinski definition) is 2. The molecule has 21 heavy (non-hydrogen) atoms. The summed E-state index contributed by atoms with van der Waals surface area (Å²) in [4.78, 5) is 10.7. The van der Waals surface area contributed by atoms with Gasteiger partial charge >= 0.3 is 0 Å². The molecule has 0 bridgehead atoms. The average Bonchev–Trinajstić information content (AvgIpc) is 2.38. The zero-order chi connectivity index (χ0) is 16.0. The van der Waals surface area contributed by atoms with E-state index in [1.807, 2.05) is 39.0 Å². The van der Waals surface area contributed by atoms with Gasteiger partial charge in [0, 0.05) is 17.5 Å². The molecular weight excluding hydrogens is 262 g/mol. The monoisotopic (exact) mass is 289 g/mol. The molecule has 1 aromatic rings. The predicted molar refractivity (Wildman–Crippen MR) is 83.0 cm³/mol. The molecule has 0 heterocycles. The van der Waals surface area contributed by atoms with E-state index in [9.17, 15) is 9.90 Å². The van der Waals surface area contributed by atoms with E-state index in [2.05, 4.69) is 30.9 Å². The van der Waals surface area contributed by atoms with Gasteiger partial charge in [-0.25, -0.2) is 0 Å². The third kappa shape index (κ3) is 5.35. The Bertz CT molecular complexity index is 489. The van der Waals surface area contributed by atoms with Crippen molar-refractivity contribution < 1.29 is 15.6 Å². The summed E-state index contributed by atoms with van der Waals surface area (Å²) in [5.74, 6) is -1.23. The molecule has 1 aliphatic rings. The van der Waals surface area contributed by atoms with Crippen molar-refractivity contribution in [3.05, 3.63) is 47.5 Å². The largest absolute Gasteiger partial charge is 0.550 e. The summed E-state index contributed by atoms with van der Waals surface area (Å²) in [6, 6.07) is 10.7. The maximum absolute atomic E-state index is 10.7. The van der Waals surface area contributed by atoms with Gasteiger partial charge in [0.05, 0.1) is 0 Å². The highest BCUT2D eigenvalue weighted by molar-refractivity contribution is 5.69. The zero-order valence-corrected chi connectivity index (χ0v) is 13.6. The first-order valence-corrected chi connectivity index (χ1v) is 7.51. The molecule has 2 rings (SSSR count). The van der Waals surface area contributed by atoms with Crippen LogP contribution in [0.25, 0.3) is 0 Å². The van der Waals surface area contributed by atoms with Crippen LogP contribution in [0.3, 0.4) is 0 Å². The number of aliphatic carboxylic acids is 1. The molecule has 0 unspecified atom stereocenters. The van der Waals surface area contributed by atoms with Crippen LogP contribution >= 0.6 is 0 Å². The fourth-order valence-electron chi connectivity index (χ4n) is 2.76. The lowest BCUT2D eigenvalue weighted by Crippen LogP contribution is -2.51. The number of carbonyl (C=O) groups is 1. The lowest BCUT2D eigenvalue weighted by molar-refractivity contribution is -0.420. The highest BCUT2D eigenvalue weighted by Gasteiger charge is 2.31. The van der Waals surface area contributed by atoms with Gasteiger partial charge in [0.15, 0.2) is 0 Å². The van der Waals surface area contributed by atoms with Gasteiger partial charge in [-0.05, 0) is 32.1 Å². The summed E-state index contributed by atoms with van der Waals surface area (Å²) >= 11 is 0. The molecular formula is C18H27NO2. The normalized spacial score (nSPS) is 21.6. The first-order chi connectivity index (χ1) is 9.74. The number of hydrogen-bond donors (Lipinski definition) is 1. The molecule has 0 saturated heterocycles. The lowest BCUT2D eigenvalue weighted by atomic mass is 9.71. The average molecular weight is 289 g/mol. The molecule has 0 amide bonds. The Hall–Kier alpha value is -1.61. The molecule has 0 saturated carbocycles. The Morgan fingerprint density at radius 1 is 1.33 bits per heavy atom. The Morgan fingerprint density at radius 3 is 2.29 bits per heavy atom. The number of carboxylic acid groups (broad SMARTS) is 1. The molecule has 3 nitrogen and oxygen atoms in total. The van der Waals surface area contributed by atoms with Gasteiger partial charge in [-0.1, -0.05) is 55.8 Å². The second kappa shape index (κ2) is 7.41. The molecule has 0 radical (unpaired) electrons. The van der Waals surface area contributed by atoms with Crippen LogP contribution in [0.5, 0.6) is 0 Å². The van der Waals surface area contributed by atoms with Crippen molar-refractivity contribution in [1.29, 1.82) is 0 Å². The van der Waals surface area contributed by atoms with Gasteiger partial charge in [0.2, 0.25) is 0 Å². The Balaban J connectivity index is 0.000000219. The summed E-state index contributed by atoms with van der Waals surface area (Å²) in [5, 5.41) is 10.7. The highest BCUT2D eigenvalue weighted by Crippen LogP contribution is 2.38. The van der Waals surface area contributed by atoms with Crippen LogP contribution in [-0.2, 0) is 4.79 Å². The van der Waals surface area contributed by atoms with E-state index in [1.165, 1.54) is 11.1 Å². The van der Waals surface area contributed by atoms with E-state index < -0.39 is 5.97 Å². The zero-order valence-electron chi connectivity index (χ0n) is 13.6. The molecule has 3 heteroatoms. The molecule has 116 valence electrons. The van der Waals surface area contributed by atoms with Crippen molar-refractivity contribution in [3.63, 3.8) is 0 Å². The Kier molecular flexibility index (Phi) is 6.16. The molecule has 0 aliphatic heterocycles. The second-order valence-electron chi connectivity index (χ2n) is 6.53. The summed E-state index contributed by atoms with van der Waals surface area (Å²) in [5.41, 5.74) is 6.27. The van der Waals surface area contributed by atoms with Crippen LogP contribution in [0.15, 0.2) is 42.0 Å². The van der Waals surface area contributed by atoms with Crippen molar-refractivity contribution in [2.75, 3.05) is 0 Å². The van der Waals surface area contributed by atoms with Crippen molar-refractivity contribution >= 4 is 5.97 Å². The SMILES string of the molecule is CC1=CC(C)(C)[C@@H](C(=O)[O-])CC1.C[C@H]([NH3+])c1ccccc1. The minimum atomic E-state index is -0.913. The van der Waals surface area contributed by atoms with E-state index in [0.717, 1.165) is 12.8 Å². The van der Waals surface area contributed by atoms with Gasteiger partial charge in [0.25, 0.3) is 0 Å². The molecule has 1 aromatic carbocycles. The smallest absolute Gasteiger partial charge is 0.107 e. The third-order valence-corrected chi connectivity index (χ3v) is 4.00. The van der Waals surface area contributed by atoms with Crippen molar-refractivity contribution in [2.24, 2.45) is 11.3 Å². The Morgan fingerprint density at radius 2 is 1.90 bits per heavy atom. The van der Waals surface area contributed by atoms with Crippen LogP contribution in [0, 0.1) is 11.3 Å². The number of carboxylic acids is 1. The topological polar surface area (TPSA) is 67.8 Å². The molecule has 2 atom stereocenters. The summed E-state index contributed by atoms with van der Waals surface area (Å²) in [6.07, 6.45) is 3.66. The van der Waals surface area contributed by atoms with E-state index in [4.69, 9.17) is 0 Å². The molecule has 0 fully saturated rings. The fraction of sp³-hybridized carbons (Fsp3) is 0.500. The molecule has 0 aromatic heterocycles. The second-order valence-corrected chi connectivity index (χ2v) is 6.53. The number of allylic oxidation sites excluding steroid dienone is 2. The van der Waals surface area contributed by atoms with E-state index >= 15 is 0 Å². The lowest BCUT2D eigenvalue weighted by Gasteiger charge is -2.36. The van der Waals surface area contributed by atoms with Gasteiger partial charge in [-0.15, -0.1) is 0 Å². The molecule has 3 N–H and O–H groups in total. The minimum absolute atomic E-state index is 0.235. The van der Waals surface area contributed by atoms with Gasteiger partial charge < -0.3 is 15.6 Å². The van der Waals surface area contributed by atoms with Crippen molar-refractivity contribution in [3.8, 4) is 0 Å². The van der Waals surface area contributed by atoms with Crippen LogP contribution in [0.2, 0.25) is 0 Å². The summed E-state index contributed by atoms with van der Waals surface area (Å²) in [6.45, 7) is 8.05. The van der Waals surface area contributed by atoms with Gasteiger partial charge in [-0.2, -0.15) is 0 Å². The maximum atomic E-state index is 10.7. The third-order valence-electron chi connectivity index (χ3n) is 4.00. The first kappa shape index (κ1) is 17.4. The summed E-state index contributed by atoms with van der Waals surface area (Å²) < 4.78 is 0. The number of benzene rings is 1. The van der Waals surface area contributed by atoms with E-state index in [1.54, 1.807) is 0 Å². The molecule has 0 spiro atoms. The predicted octanol–water partition coefficient (Wildman–Crippen LogP) is 2.11. The van der Waals surface area contributed by atoms with Gasteiger partial charge in [0.1, 0.15) is 6.04 Å². The van der Waals surface area contributed by atoms with Gasteiger partial charge in [-0.3, -0.25) is 0 Å². The maximum Gasteiger partial charge on any atom is 0.107 e. The van der Waals surface area contributed by atoms with Crippen LogP contribution in [0.4, 0.5) is 0 Å².